The number of halogens is 3. The van der Waals surface area contributed by atoms with Gasteiger partial charge in [0.25, 0.3) is 0 Å². The average Bonchev–Trinajstić information content (AvgIpc) is 2.88. The topological polar surface area (TPSA) is 12.9 Å². The molecule has 3 rings (SSSR count). The Kier molecular flexibility index (Phi) is 4.36. The van der Waals surface area contributed by atoms with Gasteiger partial charge in [0.15, 0.2) is 0 Å². The van der Waals surface area contributed by atoms with Crippen LogP contribution in [0.4, 0.5) is 0 Å². The van der Waals surface area contributed by atoms with Crippen molar-refractivity contribution in [2.45, 2.75) is 6.92 Å². The Bertz CT molecular complexity index is 814. The number of aryl methyl sites for hydroxylation is 1. The molecule has 0 saturated heterocycles. The van der Waals surface area contributed by atoms with E-state index in [1.54, 1.807) is 11.3 Å². The Balaban J connectivity index is 2.11. The van der Waals surface area contributed by atoms with Gasteiger partial charge in [-0.15, -0.1) is 11.3 Å². The van der Waals surface area contributed by atoms with Gasteiger partial charge in [-0.05, 0) is 70.4 Å². The van der Waals surface area contributed by atoms with E-state index in [1.807, 2.05) is 37.3 Å². The Hall–Kier alpha value is -0.870. The highest BCUT2D eigenvalue weighted by molar-refractivity contribution is 9.11. The lowest BCUT2D eigenvalue weighted by atomic mass is 10.0. The summed E-state index contributed by atoms with van der Waals surface area (Å²) in [5.41, 5.74) is 4.05. The first-order chi connectivity index (χ1) is 10.0. The summed E-state index contributed by atoms with van der Waals surface area (Å²) in [5.74, 6) is 0. The summed E-state index contributed by atoms with van der Waals surface area (Å²) in [7, 11) is 0. The lowest BCUT2D eigenvalue weighted by molar-refractivity contribution is 1.21. The number of benzene rings is 1. The number of thiophene rings is 1. The number of hydrogen-bond acceptors (Lipinski definition) is 2. The van der Waals surface area contributed by atoms with E-state index in [9.17, 15) is 0 Å². The normalized spacial score (nSPS) is 10.9. The molecule has 3 aromatic rings. The molecule has 0 aliphatic carbocycles. The van der Waals surface area contributed by atoms with Crippen molar-refractivity contribution in [1.82, 2.24) is 4.98 Å². The quantitative estimate of drug-likeness (QED) is 0.459. The maximum absolute atomic E-state index is 6.11. The van der Waals surface area contributed by atoms with Gasteiger partial charge in [0.05, 0.1) is 24.4 Å². The Morgan fingerprint density at radius 1 is 0.952 bits per heavy atom. The van der Waals surface area contributed by atoms with Crippen molar-refractivity contribution in [3.05, 3.63) is 62.0 Å². The van der Waals surface area contributed by atoms with E-state index in [2.05, 4.69) is 33.0 Å². The van der Waals surface area contributed by atoms with E-state index >= 15 is 0 Å². The molecular formula is C16H10BrCl2NS. The lowest BCUT2D eigenvalue weighted by Gasteiger charge is -2.07. The van der Waals surface area contributed by atoms with Crippen LogP contribution in [0.5, 0.6) is 0 Å². The number of pyridine rings is 1. The van der Waals surface area contributed by atoms with Crippen molar-refractivity contribution < 1.29 is 0 Å². The fourth-order valence-electron chi connectivity index (χ4n) is 2.09. The molecule has 1 nitrogen and oxygen atoms in total. The molecule has 2 aromatic heterocycles. The van der Waals surface area contributed by atoms with Crippen molar-refractivity contribution in [2.75, 3.05) is 0 Å². The molecule has 0 bridgehead atoms. The van der Waals surface area contributed by atoms with E-state index in [4.69, 9.17) is 23.2 Å². The highest BCUT2D eigenvalue weighted by atomic mass is 79.9. The zero-order valence-electron chi connectivity index (χ0n) is 11.0. The van der Waals surface area contributed by atoms with Gasteiger partial charge in [0, 0.05) is 5.69 Å². The Morgan fingerprint density at radius 3 is 2.43 bits per heavy atom. The fourth-order valence-corrected chi connectivity index (χ4v) is 3.73. The van der Waals surface area contributed by atoms with Crippen LogP contribution >= 0.6 is 50.5 Å². The van der Waals surface area contributed by atoms with Crippen LogP contribution < -0.4 is 0 Å². The maximum Gasteiger partial charge on any atom is 0.0811 e. The smallest absolute Gasteiger partial charge is 0.0811 e. The molecule has 0 fully saturated rings. The summed E-state index contributed by atoms with van der Waals surface area (Å²) in [4.78, 5) is 5.74. The minimum atomic E-state index is 0.559. The first-order valence-corrected chi connectivity index (χ1v) is 8.59. The number of nitrogens with zero attached hydrogens (tertiary/aromatic N) is 1. The molecule has 5 heteroatoms. The summed E-state index contributed by atoms with van der Waals surface area (Å²) in [6.45, 7) is 1.99. The van der Waals surface area contributed by atoms with Crippen LogP contribution in [0, 0.1) is 6.92 Å². The van der Waals surface area contributed by atoms with Crippen molar-refractivity contribution in [3.8, 4) is 21.7 Å². The first kappa shape index (κ1) is 15.0. The molecule has 0 unspecified atom stereocenters. The predicted molar refractivity (Wildman–Crippen MR) is 95.4 cm³/mol. The summed E-state index contributed by atoms with van der Waals surface area (Å²) < 4.78 is 1.09. The summed E-state index contributed by atoms with van der Waals surface area (Å²) in [6.07, 6.45) is 0. The fraction of sp³-hybridized carbons (Fsp3) is 0.0625. The molecule has 21 heavy (non-hydrogen) atoms. The molecule has 0 spiro atoms. The van der Waals surface area contributed by atoms with E-state index < -0.39 is 0 Å². The van der Waals surface area contributed by atoms with Gasteiger partial charge < -0.3 is 0 Å². The molecule has 0 amide bonds. The third-order valence-electron chi connectivity index (χ3n) is 3.03. The molecule has 0 radical (unpaired) electrons. The standard InChI is InChI=1S/C16H10BrCl2NS/c1-9-6-11(10-2-3-12(18)13(19)7-10)8-14(20-9)15-4-5-16(17)21-15/h2-8H,1H3. The third kappa shape index (κ3) is 3.32. The molecular weight excluding hydrogens is 389 g/mol. The second-order valence-corrected chi connectivity index (χ2v) is 7.89. The summed E-state index contributed by atoms with van der Waals surface area (Å²) in [6, 6.07) is 13.9. The maximum atomic E-state index is 6.11. The van der Waals surface area contributed by atoms with Crippen molar-refractivity contribution >= 4 is 50.5 Å². The van der Waals surface area contributed by atoms with Gasteiger partial charge in [0.2, 0.25) is 0 Å². The molecule has 0 saturated carbocycles. The van der Waals surface area contributed by atoms with Crippen molar-refractivity contribution in [1.29, 1.82) is 0 Å². The minimum Gasteiger partial charge on any atom is -0.252 e. The van der Waals surface area contributed by atoms with Crippen LogP contribution in [0.15, 0.2) is 46.3 Å². The second kappa shape index (κ2) is 6.09. The van der Waals surface area contributed by atoms with Gasteiger partial charge >= 0.3 is 0 Å². The lowest BCUT2D eigenvalue weighted by Crippen LogP contribution is -1.88. The van der Waals surface area contributed by atoms with Crippen LogP contribution in [0.3, 0.4) is 0 Å². The molecule has 0 atom stereocenters. The van der Waals surface area contributed by atoms with Gasteiger partial charge in [-0.2, -0.15) is 0 Å². The van der Waals surface area contributed by atoms with E-state index in [1.165, 1.54) is 0 Å². The van der Waals surface area contributed by atoms with Crippen LogP contribution in [0.2, 0.25) is 10.0 Å². The van der Waals surface area contributed by atoms with Gasteiger partial charge in [0.1, 0.15) is 0 Å². The monoisotopic (exact) mass is 397 g/mol. The number of rotatable bonds is 2. The van der Waals surface area contributed by atoms with Gasteiger partial charge in [-0.25, -0.2) is 0 Å². The van der Waals surface area contributed by atoms with E-state index in [-0.39, 0.29) is 0 Å². The first-order valence-electron chi connectivity index (χ1n) is 6.23. The van der Waals surface area contributed by atoms with Crippen LogP contribution in [0.25, 0.3) is 21.7 Å². The molecule has 0 N–H and O–H groups in total. The summed E-state index contributed by atoms with van der Waals surface area (Å²) in [5, 5.41) is 1.12. The SMILES string of the molecule is Cc1cc(-c2ccc(Cl)c(Cl)c2)cc(-c2ccc(Br)s2)n1. The van der Waals surface area contributed by atoms with Gasteiger partial charge in [-0.3, -0.25) is 4.98 Å². The third-order valence-corrected chi connectivity index (χ3v) is 5.42. The zero-order chi connectivity index (χ0) is 15.0. The number of hydrogen-bond donors (Lipinski definition) is 0. The Labute approximate surface area is 145 Å². The average molecular weight is 399 g/mol. The van der Waals surface area contributed by atoms with Crippen LogP contribution in [-0.2, 0) is 0 Å². The number of aromatic nitrogens is 1. The van der Waals surface area contributed by atoms with Crippen LogP contribution in [-0.4, -0.2) is 4.98 Å². The van der Waals surface area contributed by atoms with Crippen LogP contribution in [0.1, 0.15) is 5.69 Å². The van der Waals surface area contributed by atoms with Crippen molar-refractivity contribution in [2.24, 2.45) is 0 Å². The zero-order valence-corrected chi connectivity index (χ0v) is 14.9. The summed E-state index contributed by atoms with van der Waals surface area (Å²) >= 11 is 17.2. The predicted octanol–water partition coefficient (Wildman–Crippen LogP) is 6.85. The van der Waals surface area contributed by atoms with Crippen molar-refractivity contribution in [3.63, 3.8) is 0 Å². The molecule has 1 aromatic carbocycles. The van der Waals surface area contributed by atoms with Gasteiger partial charge in [-0.1, -0.05) is 29.3 Å². The largest absolute Gasteiger partial charge is 0.252 e. The molecule has 0 aliphatic heterocycles. The Morgan fingerprint density at radius 2 is 1.76 bits per heavy atom. The molecule has 0 aliphatic rings. The second-order valence-electron chi connectivity index (χ2n) is 4.62. The molecule has 2 heterocycles. The highest BCUT2D eigenvalue weighted by Crippen LogP contribution is 2.34. The van der Waals surface area contributed by atoms with E-state index in [0.29, 0.717) is 10.0 Å². The highest BCUT2D eigenvalue weighted by Gasteiger charge is 2.08. The minimum absolute atomic E-state index is 0.559. The molecule has 106 valence electrons. The van der Waals surface area contributed by atoms with E-state index in [0.717, 1.165) is 31.2 Å².